The Morgan fingerprint density at radius 2 is 1.90 bits per heavy atom. The van der Waals surface area contributed by atoms with Gasteiger partial charge in [0.2, 0.25) is 15.9 Å². The molecule has 0 heterocycles. The second kappa shape index (κ2) is 8.94. The zero-order valence-corrected chi connectivity index (χ0v) is 18.9. The van der Waals surface area contributed by atoms with Gasteiger partial charge >= 0.3 is 0 Å². The predicted molar refractivity (Wildman–Crippen MR) is 118 cm³/mol. The maximum absolute atomic E-state index is 13.6. The van der Waals surface area contributed by atoms with E-state index in [9.17, 15) is 17.6 Å². The van der Waals surface area contributed by atoms with E-state index in [1.54, 1.807) is 6.92 Å². The van der Waals surface area contributed by atoms with Crippen molar-refractivity contribution in [2.45, 2.75) is 51.6 Å². The van der Waals surface area contributed by atoms with Crippen molar-refractivity contribution in [3.05, 3.63) is 63.9 Å². The molecule has 2 aromatic rings. The van der Waals surface area contributed by atoms with Gasteiger partial charge in [-0.15, -0.1) is 0 Å². The van der Waals surface area contributed by atoms with Gasteiger partial charge in [0.25, 0.3) is 0 Å². The lowest BCUT2D eigenvalue weighted by atomic mass is 10.0. The Hall–Kier alpha value is -2.12. The molecular weight excluding hydrogens is 427 g/mol. The molecule has 0 saturated heterocycles. The van der Waals surface area contributed by atoms with Crippen LogP contribution in [0.1, 0.15) is 49.4 Å². The van der Waals surface area contributed by atoms with Crippen LogP contribution in [0.5, 0.6) is 0 Å². The number of carbonyl (C=O) groups excluding carboxylic acids is 1. The Balaban J connectivity index is 1.86. The van der Waals surface area contributed by atoms with Crippen molar-refractivity contribution in [2.24, 2.45) is 0 Å². The summed E-state index contributed by atoms with van der Waals surface area (Å²) in [6, 6.07) is 8.56. The van der Waals surface area contributed by atoms with Crippen LogP contribution in [0.2, 0.25) is 5.02 Å². The van der Waals surface area contributed by atoms with Gasteiger partial charge in [-0.3, -0.25) is 9.10 Å². The maximum Gasteiger partial charge on any atom is 0.244 e. The summed E-state index contributed by atoms with van der Waals surface area (Å²) in [4.78, 5) is 13.1. The fraction of sp³-hybridized carbons (Fsp3) is 0.409. The number of benzene rings is 2. The van der Waals surface area contributed by atoms with Crippen LogP contribution >= 0.6 is 11.6 Å². The summed E-state index contributed by atoms with van der Waals surface area (Å²) in [5, 5.41) is 2.73. The average molecular weight is 453 g/mol. The average Bonchev–Trinajstić information content (AvgIpc) is 3.15. The third kappa shape index (κ3) is 4.78. The molecule has 162 valence electrons. The standard InChI is InChI=1S/C22H26ClFN2O3S/c1-4-21(26(30(3,28)29)18-10-11-20(24)19(23)13-18)22(27)25-14(2)16-9-8-15-6-5-7-17(15)12-16/h8-14,21H,4-7H2,1-3H3,(H,25,27)/t14-,21-/m1/s1. The molecule has 0 saturated carbocycles. The molecule has 0 aromatic heterocycles. The molecule has 1 aliphatic rings. The molecule has 0 fully saturated rings. The van der Waals surface area contributed by atoms with Crippen molar-refractivity contribution in [3.8, 4) is 0 Å². The van der Waals surface area contributed by atoms with E-state index in [-0.39, 0.29) is 23.2 Å². The first-order valence-corrected chi connectivity index (χ1v) is 12.2. The molecule has 1 N–H and O–H groups in total. The first-order valence-electron chi connectivity index (χ1n) is 9.98. The lowest BCUT2D eigenvalue weighted by Crippen LogP contribution is -2.49. The van der Waals surface area contributed by atoms with Crippen molar-refractivity contribution in [3.63, 3.8) is 0 Å². The third-order valence-electron chi connectivity index (χ3n) is 5.47. The number of rotatable bonds is 7. The van der Waals surface area contributed by atoms with E-state index in [0.29, 0.717) is 0 Å². The molecule has 0 spiro atoms. The molecule has 2 atom stereocenters. The van der Waals surface area contributed by atoms with Gasteiger partial charge in [-0.2, -0.15) is 0 Å². The highest BCUT2D eigenvalue weighted by atomic mass is 35.5. The molecule has 0 radical (unpaired) electrons. The number of halogens is 2. The Morgan fingerprint density at radius 1 is 1.20 bits per heavy atom. The fourth-order valence-corrected chi connectivity index (χ4v) is 5.31. The first-order chi connectivity index (χ1) is 14.1. The number of carbonyl (C=O) groups is 1. The number of aryl methyl sites for hydroxylation is 2. The number of amides is 1. The van der Waals surface area contributed by atoms with Crippen LogP contribution in [0.3, 0.4) is 0 Å². The SMILES string of the molecule is CC[C@H](C(=O)N[C@H](C)c1ccc2c(c1)CCC2)N(c1ccc(F)c(Cl)c1)S(C)(=O)=O. The van der Waals surface area contributed by atoms with Crippen molar-refractivity contribution in [1.82, 2.24) is 5.32 Å². The van der Waals surface area contributed by atoms with E-state index < -0.39 is 27.8 Å². The molecule has 30 heavy (non-hydrogen) atoms. The lowest BCUT2D eigenvalue weighted by molar-refractivity contribution is -0.122. The second-order valence-corrected chi connectivity index (χ2v) is 9.96. The zero-order chi connectivity index (χ0) is 22.1. The van der Waals surface area contributed by atoms with Crippen LogP contribution in [0, 0.1) is 5.82 Å². The van der Waals surface area contributed by atoms with E-state index in [1.807, 2.05) is 13.0 Å². The summed E-state index contributed by atoms with van der Waals surface area (Å²) in [6.45, 7) is 3.61. The van der Waals surface area contributed by atoms with Gasteiger partial charge in [-0.25, -0.2) is 12.8 Å². The van der Waals surface area contributed by atoms with E-state index in [4.69, 9.17) is 11.6 Å². The molecule has 8 heteroatoms. The summed E-state index contributed by atoms with van der Waals surface area (Å²) in [5.74, 6) is -1.08. The van der Waals surface area contributed by atoms with Gasteiger partial charge in [-0.1, -0.05) is 36.7 Å². The Labute approximate surface area is 182 Å². The minimum absolute atomic E-state index is 0.149. The van der Waals surface area contributed by atoms with E-state index in [1.165, 1.54) is 23.3 Å². The molecule has 1 aliphatic carbocycles. The van der Waals surface area contributed by atoms with Crippen LogP contribution < -0.4 is 9.62 Å². The number of anilines is 1. The fourth-order valence-electron chi connectivity index (χ4n) is 3.94. The van der Waals surface area contributed by atoms with Crippen LogP contribution in [0.25, 0.3) is 0 Å². The topological polar surface area (TPSA) is 66.5 Å². The van der Waals surface area contributed by atoms with Crippen LogP contribution in [-0.4, -0.2) is 26.6 Å². The van der Waals surface area contributed by atoms with E-state index in [0.717, 1.165) is 41.5 Å². The Bertz CT molecular complexity index is 1060. The molecular formula is C22H26ClFN2O3S. The number of nitrogens with one attached hydrogen (secondary N) is 1. The van der Waals surface area contributed by atoms with E-state index >= 15 is 0 Å². The van der Waals surface area contributed by atoms with Crippen molar-refractivity contribution >= 4 is 33.2 Å². The lowest BCUT2D eigenvalue weighted by Gasteiger charge is -2.31. The smallest absolute Gasteiger partial charge is 0.244 e. The first kappa shape index (κ1) is 22.6. The van der Waals surface area contributed by atoms with Crippen LogP contribution in [-0.2, 0) is 27.7 Å². The number of hydrogen-bond donors (Lipinski definition) is 1. The summed E-state index contributed by atoms with van der Waals surface area (Å²) >= 11 is 5.85. The summed E-state index contributed by atoms with van der Waals surface area (Å²) < 4.78 is 39.6. The number of hydrogen-bond acceptors (Lipinski definition) is 3. The molecule has 0 aliphatic heterocycles. The third-order valence-corrected chi connectivity index (χ3v) is 6.94. The monoisotopic (exact) mass is 452 g/mol. The molecule has 0 unspecified atom stereocenters. The van der Waals surface area contributed by atoms with E-state index in [2.05, 4.69) is 17.4 Å². The number of fused-ring (bicyclic) bond motifs is 1. The van der Waals surface area contributed by atoms with Gasteiger partial charge in [0.05, 0.1) is 23.0 Å². The molecule has 2 aromatic carbocycles. The van der Waals surface area contributed by atoms with Gasteiger partial charge < -0.3 is 5.32 Å². The normalized spacial score (nSPS) is 15.4. The van der Waals surface area contributed by atoms with Crippen molar-refractivity contribution in [2.75, 3.05) is 10.6 Å². The quantitative estimate of drug-likeness (QED) is 0.677. The van der Waals surface area contributed by atoms with Gasteiger partial charge in [0, 0.05) is 0 Å². The zero-order valence-electron chi connectivity index (χ0n) is 17.3. The van der Waals surface area contributed by atoms with Crippen molar-refractivity contribution < 1.29 is 17.6 Å². The summed E-state index contributed by atoms with van der Waals surface area (Å²) in [6.07, 6.45) is 4.52. The van der Waals surface area contributed by atoms with Gasteiger partial charge in [0.1, 0.15) is 11.9 Å². The highest BCUT2D eigenvalue weighted by Gasteiger charge is 2.32. The molecule has 0 bridgehead atoms. The Morgan fingerprint density at radius 3 is 2.53 bits per heavy atom. The Kier molecular flexibility index (Phi) is 6.72. The highest BCUT2D eigenvalue weighted by Crippen LogP contribution is 2.28. The second-order valence-electron chi connectivity index (χ2n) is 7.69. The maximum atomic E-state index is 13.6. The molecule has 3 rings (SSSR count). The predicted octanol–water partition coefficient (Wildman–Crippen LogP) is 4.39. The minimum Gasteiger partial charge on any atom is -0.348 e. The van der Waals surface area contributed by atoms with Crippen molar-refractivity contribution in [1.29, 1.82) is 0 Å². The number of nitrogens with zero attached hydrogens (tertiary/aromatic N) is 1. The number of sulfonamides is 1. The summed E-state index contributed by atoms with van der Waals surface area (Å²) in [7, 11) is -3.82. The van der Waals surface area contributed by atoms with Crippen LogP contribution in [0.4, 0.5) is 10.1 Å². The molecule has 1 amide bonds. The van der Waals surface area contributed by atoms with Crippen LogP contribution in [0.15, 0.2) is 36.4 Å². The molecule has 5 nitrogen and oxygen atoms in total. The highest BCUT2D eigenvalue weighted by molar-refractivity contribution is 7.92. The largest absolute Gasteiger partial charge is 0.348 e. The summed E-state index contributed by atoms with van der Waals surface area (Å²) in [5.41, 5.74) is 3.78. The minimum atomic E-state index is -3.82. The van der Waals surface area contributed by atoms with Gasteiger partial charge in [0.15, 0.2) is 0 Å². The van der Waals surface area contributed by atoms with Gasteiger partial charge in [-0.05, 0) is 67.5 Å².